The van der Waals surface area contributed by atoms with E-state index in [0.717, 1.165) is 22.2 Å². The molecule has 4 rings (SSSR count). The van der Waals surface area contributed by atoms with Crippen LogP contribution in [0.25, 0.3) is 22.2 Å². The lowest BCUT2D eigenvalue weighted by Crippen LogP contribution is -2.40. The van der Waals surface area contributed by atoms with E-state index in [1.165, 1.54) is 0 Å². The van der Waals surface area contributed by atoms with Crippen LogP contribution in [0, 0.1) is 11.3 Å². The van der Waals surface area contributed by atoms with Gasteiger partial charge in [0.25, 0.3) is 5.91 Å². The highest BCUT2D eigenvalue weighted by Crippen LogP contribution is 2.34. The van der Waals surface area contributed by atoms with Gasteiger partial charge in [0.05, 0.1) is 34.6 Å². The van der Waals surface area contributed by atoms with Crippen LogP contribution in [0.5, 0.6) is 0 Å². The SMILES string of the molecule is COCC1(C)NC(=O)c2ccc(-c3c[nH]c4c(C#N)cccc34)nc21. The van der Waals surface area contributed by atoms with E-state index >= 15 is 0 Å². The minimum Gasteiger partial charge on any atom is -0.382 e. The molecule has 1 unspecified atom stereocenters. The van der Waals surface area contributed by atoms with Crippen molar-refractivity contribution in [1.82, 2.24) is 15.3 Å². The van der Waals surface area contributed by atoms with E-state index in [2.05, 4.69) is 16.4 Å². The summed E-state index contributed by atoms with van der Waals surface area (Å²) in [6.07, 6.45) is 1.85. The number of hydrogen-bond acceptors (Lipinski definition) is 4. The Morgan fingerprint density at radius 2 is 2.12 bits per heavy atom. The molecular formula is C19H16N4O2. The Bertz CT molecular complexity index is 1050. The fourth-order valence-corrected chi connectivity index (χ4v) is 3.44. The average molecular weight is 332 g/mol. The van der Waals surface area contributed by atoms with Crippen molar-refractivity contribution in [3.63, 3.8) is 0 Å². The third-order valence-electron chi connectivity index (χ3n) is 4.60. The van der Waals surface area contributed by atoms with Crippen molar-refractivity contribution in [3.05, 3.63) is 53.3 Å². The summed E-state index contributed by atoms with van der Waals surface area (Å²) in [5, 5.41) is 13.1. The number of methoxy groups -OCH3 is 1. The molecule has 124 valence electrons. The van der Waals surface area contributed by atoms with Gasteiger partial charge in [-0.1, -0.05) is 12.1 Å². The van der Waals surface area contributed by atoms with Crippen LogP contribution >= 0.6 is 0 Å². The maximum absolute atomic E-state index is 12.2. The average Bonchev–Trinajstić information content (AvgIpc) is 3.14. The third kappa shape index (κ3) is 2.21. The molecule has 6 nitrogen and oxygen atoms in total. The molecule has 3 aromatic rings. The topological polar surface area (TPSA) is 90.8 Å². The number of benzene rings is 1. The highest BCUT2D eigenvalue weighted by molar-refractivity contribution is 6.01. The monoisotopic (exact) mass is 332 g/mol. The molecule has 1 amide bonds. The van der Waals surface area contributed by atoms with E-state index in [-0.39, 0.29) is 5.91 Å². The number of amides is 1. The number of aromatic nitrogens is 2. The number of hydrogen-bond donors (Lipinski definition) is 2. The Balaban J connectivity index is 1.90. The minimum absolute atomic E-state index is 0.140. The zero-order valence-corrected chi connectivity index (χ0v) is 13.9. The smallest absolute Gasteiger partial charge is 0.254 e. The van der Waals surface area contributed by atoms with Crippen LogP contribution in [0.4, 0.5) is 0 Å². The third-order valence-corrected chi connectivity index (χ3v) is 4.60. The number of carbonyl (C=O) groups is 1. The molecule has 1 aliphatic rings. The Hall–Kier alpha value is -3.17. The summed E-state index contributed by atoms with van der Waals surface area (Å²) in [7, 11) is 1.60. The Morgan fingerprint density at radius 1 is 1.28 bits per heavy atom. The molecule has 3 heterocycles. The Kier molecular flexibility index (Phi) is 3.34. The first-order chi connectivity index (χ1) is 12.1. The summed E-state index contributed by atoms with van der Waals surface area (Å²) >= 11 is 0. The van der Waals surface area contributed by atoms with Crippen LogP contribution < -0.4 is 5.32 Å². The van der Waals surface area contributed by atoms with E-state index in [0.29, 0.717) is 23.4 Å². The number of nitrogens with one attached hydrogen (secondary N) is 2. The van der Waals surface area contributed by atoms with Gasteiger partial charge in [-0.05, 0) is 25.1 Å². The first-order valence-corrected chi connectivity index (χ1v) is 7.91. The molecular weight excluding hydrogens is 316 g/mol. The van der Waals surface area contributed by atoms with E-state index in [4.69, 9.17) is 9.72 Å². The number of ether oxygens (including phenoxy) is 1. The lowest BCUT2D eigenvalue weighted by Gasteiger charge is -2.23. The molecule has 0 bridgehead atoms. The number of nitriles is 1. The Morgan fingerprint density at radius 3 is 2.88 bits per heavy atom. The van der Waals surface area contributed by atoms with E-state index < -0.39 is 5.54 Å². The fourth-order valence-electron chi connectivity index (χ4n) is 3.44. The van der Waals surface area contributed by atoms with E-state index in [9.17, 15) is 10.1 Å². The van der Waals surface area contributed by atoms with Crippen LogP contribution in [-0.4, -0.2) is 29.6 Å². The first-order valence-electron chi connectivity index (χ1n) is 7.91. The van der Waals surface area contributed by atoms with Gasteiger partial charge in [-0.2, -0.15) is 5.26 Å². The standard InChI is InChI=1S/C19H16N4O2/c1-19(10-25-2)17-13(18(24)23-19)6-7-15(22-17)14-9-21-16-11(8-20)4-3-5-12(14)16/h3-7,9,21H,10H2,1-2H3,(H,23,24). The van der Waals surface area contributed by atoms with Gasteiger partial charge < -0.3 is 15.0 Å². The van der Waals surface area contributed by atoms with Crippen molar-refractivity contribution in [1.29, 1.82) is 5.26 Å². The number of pyridine rings is 1. The predicted octanol–water partition coefficient (Wildman–Crippen LogP) is 2.71. The number of nitrogens with zero attached hydrogens (tertiary/aromatic N) is 2. The second kappa shape index (κ2) is 5.43. The summed E-state index contributed by atoms with van der Waals surface area (Å²) in [5.41, 5.74) is 3.62. The molecule has 0 aliphatic carbocycles. The largest absolute Gasteiger partial charge is 0.382 e. The number of fused-ring (bicyclic) bond motifs is 2. The molecule has 1 aromatic carbocycles. The quantitative estimate of drug-likeness (QED) is 0.771. The van der Waals surface area contributed by atoms with Gasteiger partial charge in [-0.25, -0.2) is 4.98 Å². The molecule has 2 N–H and O–H groups in total. The van der Waals surface area contributed by atoms with Gasteiger partial charge in [-0.3, -0.25) is 4.79 Å². The fraction of sp³-hybridized carbons (Fsp3) is 0.211. The summed E-state index contributed by atoms with van der Waals surface area (Å²) in [4.78, 5) is 20.1. The van der Waals surface area contributed by atoms with Crippen LogP contribution in [0.15, 0.2) is 36.5 Å². The molecule has 2 aromatic heterocycles. The van der Waals surface area contributed by atoms with E-state index in [1.807, 2.05) is 31.3 Å². The molecule has 25 heavy (non-hydrogen) atoms. The number of rotatable bonds is 3. The van der Waals surface area contributed by atoms with E-state index in [1.54, 1.807) is 19.2 Å². The predicted molar refractivity (Wildman–Crippen MR) is 92.9 cm³/mol. The molecule has 1 aliphatic heterocycles. The normalized spacial score (nSPS) is 18.8. The highest BCUT2D eigenvalue weighted by Gasteiger charge is 2.40. The molecule has 0 fully saturated rings. The summed E-state index contributed by atoms with van der Waals surface area (Å²) in [6, 6.07) is 11.4. The maximum atomic E-state index is 12.2. The van der Waals surface area contributed by atoms with Crippen molar-refractivity contribution in [2.45, 2.75) is 12.5 Å². The second-order valence-electron chi connectivity index (χ2n) is 6.35. The lowest BCUT2D eigenvalue weighted by atomic mass is 9.98. The van der Waals surface area contributed by atoms with Crippen molar-refractivity contribution < 1.29 is 9.53 Å². The first kappa shape index (κ1) is 15.4. The number of carbonyl (C=O) groups excluding carboxylic acids is 1. The zero-order chi connectivity index (χ0) is 17.6. The summed E-state index contributed by atoms with van der Waals surface area (Å²) in [5.74, 6) is -0.140. The van der Waals surface area contributed by atoms with Crippen LogP contribution in [-0.2, 0) is 10.3 Å². The number of aromatic amines is 1. The van der Waals surface area contributed by atoms with Gasteiger partial charge in [0, 0.05) is 24.3 Å². The molecule has 0 spiro atoms. The minimum atomic E-state index is -0.652. The molecule has 0 radical (unpaired) electrons. The molecule has 0 saturated heterocycles. The summed E-state index contributed by atoms with van der Waals surface area (Å²) in [6.45, 7) is 2.24. The number of para-hydroxylation sites is 1. The van der Waals surface area contributed by atoms with Gasteiger partial charge in [0.2, 0.25) is 0 Å². The maximum Gasteiger partial charge on any atom is 0.254 e. The van der Waals surface area contributed by atoms with Gasteiger partial charge in [-0.15, -0.1) is 0 Å². The Labute approximate surface area is 144 Å². The van der Waals surface area contributed by atoms with Crippen molar-refractivity contribution >= 4 is 16.8 Å². The summed E-state index contributed by atoms with van der Waals surface area (Å²) < 4.78 is 5.27. The molecule has 0 saturated carbocycles. The van der Waals surface area contributed by atoms with Crippen LogP contribution in [0.2, 0.25) is 0 Å². The van der Waals surface area contributed by atoms with Crippen molar-refractivity contribution in [2.75, 3.05) is 13.7 Å². The second-order valence-corrected chi connectivity index (χ2v) is 6.35. The van der Waals surface area contributed by atoms with Crippen LogP contribution in [0.1, 0.15) is 28.5 Å². The molecule has 6 heteroatoms. The van der Waals surface area contributed by atoms with Gasteiger partial charge >= 0.3 is 0 Å². The van der Waals surface area contributed by atoms with Gasteiger partial charge in [0.15, 0.2) is 0 Å². The lowest BCUT2D eigenvalue weighted by molar-refractivity contribution is 0.0844. The number of H-pyrrole nitrogens is 1. The van der Waals surface area contributed by atoms with Gasteiger partial charge in [0.1, 0.15) is 11.6 Å². The van der Waals surface area contributed by atoms with Crippen molar-refractivity contribution in [2.24, 2.45) is 0 Å². The van der Waals surface area contributed by atoms with Crippen LogP contribution in [0.3, 0.4) is 0 Å². The highest BCUT2D eigenvalue weighted by atomic mass is 16.5. The van der Waals surface area contributed by atoms with Crippen molar-refractivity contribution in [3.8, 4) is 17.3 Å². The zero-order valence-electron chi connectivity index (χ0n) is 13.9. The molecule has 1 atom stereocenters.